The average molecular weight is 423 g/mol. The Labute approximate surface area is 170 Å². The lowest BCUT2D eigenvalue weighted by molar-refractivity contribution is -0.274. The van der Waals surface area contributed by atoms with Crippen molar-refractivity contribution in [3.8, 4) is 16.9 Å². The average Bonchev–Trinajstić information content (AvgIpc) is 2.67. The number of hydrogen-bond acceptors (Lipinski definition) is 5. The first kappa shape index (κ1) is 21.4. The number of hydrogen-bond donors (Lipinski definition) is 2. The molecular weight excluding hydrogens is 403 g/mol. The number of amides is 1. The molecule has 0 spiro atoms. The molecule has 1 heterocycles. The minimum atomic E-state index is -4.74. The Bertz CT molecular complexity index is 903. The number of rotatable bonds is 5. The molecule has 0 bridgehead atoms. The molecule has 1 amide bonds. The molecule has 3 N–H and O–H groups in total. The van der Waals surface area contributed by atoms with Crippen LogP contribution in [0.25, 0.3) is 11.1 Å². The molecule has 0 aromatic heterocycles. The van der Waals surface area contributed by atoms with Crippen LogP contribution in [0.3, 0.4) is 0 Å². The SMILES string of the molecule is NC1(CC=O)CN(c2ccc(-c3ccc(OC(F)(F)F)cc3)cc2)CCN1C(=O)O. The first-order valence-electron chi connectivity index (χ1n) is 9.05. The van der Waals surface area contributed by atoms with Crippen LogP contribution in [0.2, 0.25) is 0 Å². The van der Waals surface area contributed by atoms with E-state index in [1.54, 1.807) is 12.1 Å². The summed E-state index contributed by atoms with van der Waals surface area (Å²) in [5, 5.41) is 9.34. The zero-order chi connectivity index (χ0) is 21.9. The van der Waals surface area contributed by atoms with Crippen LogP contribution < -0.4 is 15.4 Å². The van der Waals surface area contributed by atoms with Crippen molar-refractivity contribution in [2.75, 3.05) is 24.5 Å². The number of piperazine rings is 1. The van der Waals surface area contributed by atoms with E-state index in [4.69, 9.17) is 5.73 Å². The van der Waals surface area contributed by atoms with Gasteiger partial charge in [0.1, 0.15) is 17.7 Å². The number of aldehydes is 1. The van der Waals surface area contributed by atoms with E-state index in [2.05, 4.69) is 4.74 Å². The Kier molecular flexibility index (Phi) is 5.88. The highest BCUT2D eigenvalue weighted by atomic mass is 19.4. The number of nitrogens with two attached hydrogens (primary N) is 1. The summed E-state index contributed by atoms with van der Waals surface area (Å²) in [6.07, 6.45) is -5.43. The number of carbonyl (C=O) groups is 2. The molecule has 1 fully saturated rings. The molecule has 0 saturated carbocycles. The molecule has 1 aliphatic heterocycles. The van der Waals surface area contributed by atoms with E-state index in [9.17, 15) is 27.9 Å². The Morgan fingerprint density at radius 2 is 1.67 bits per heavy atom. The first-order valence-corrected chi connectivity index (χ1v) is 9.05. The lowest BCUT2D eigenvalue weighted by Crippen LogP contribution is -2.69. The van der Waals surface area contributed by atoms with Crippen molar-refractivity contribution in [2.45, 2.75) is 18.4 Å². The maximum atomic E-state index is 12.3. The number of carbonyl (C=O) groups excluding carboxylic acids is 1. The lowest BCUT2D eigenvalue weighted by Gasteiger charge is -2.47. The monoisotopic (exact) mass is 423 g/mol. The molecule has 1 unspecified atom stereocenters. The van der Waals surface area contributed by atoms with Crippen LogP contribution in [0, 0.1) is 0 Å². The Hall–Kier alpha value is -3.27. The Morgan fingerprint density at radius 3 is 2.17 bits per heavy atom. The topological polar surface area (TPSA) is 96.1 Å². The number of halogens is 3. The van der Waals surface area contributed by atoms with Gasteiger partial charge in [0.05, 0.1) is 6.54 Å². The second-order valence-electron chi connectivity index (χ2n) is 6.95. The predicted molar refractivity (Wildman–Crippen MR) is 103 cm³/mol. The van der Waals surface area contributed by atoms with Gasteiger partial charge >= 0.3 is 12.5 Å². The fourth-order valence-corrected chi connectivity index (χ4v) is 3.48. The summed E-state index contributed by atoms with van der Waals surface area (Å²) in [7, 11) is 0. The van der Waals surface area contributed by atoms with Gasteiger partial charge in [0.15, 0.2) is 0 Å². The van der Waals surface area contributed by atoms with Crippen molar-refractivity contribution in [3.05, 3.63) is 48.5 Å². The molecule has 2 aromatic rings. The van der Waals surface area contributed by atoms with Crippen LogP contribution in [0.5, 0.6) is 5.75 Å². The van der Waals surface area contributed by atoms with E-state index >= 15 is 0 Å². The van der Waals surface area contributed by atoms with Gasteiger partial charge < -0.3 is 25.3 Å². The number of nitrogens with zero attached hydrogens (tertiary/aromatic N) is 2. The van der Waals surface area contributed by atoms with Gasteiger partial charge in [0.25, 0.3) is 0 Å². The maximum Gasteiger partial charge on any atom is 0.573 e. The minimum Gasteiger partial charge on any atom is -0.465 e. The van der Waals surface area contributed by atoms with Gasteiger partial charge in [0.2, 0.25) is 0 Å². The van der Waals surface area contributed by atoms with Gasteiger partial charge in [-0.25, -0.2) is 4.79 Å². The van der Waals surface area contributed by atoms with Crippen molar-refractivity contribution >= 4 is 18.1 Å². The van der Waals surface area contributed by atoms with E-state index < -0.39 is 18.1 Å². The molecule has 30 heavy (non-hydrogen) atoms. The van der Waals surface area contributed by atoms with Crippen LogP contribution in [-0.2, 0) is 4.79 Å². The van der Waals surface area contributed by atoms with Crippen LogP contribution in [0.15, 0.2) is 48.5 Å². The van der Waals surface area contributed by atoms with Gasteiger partial charge in [0, 0.05) is 25.2 Å². The minimum absolute atomic E-state index is 0.125. The van der Waals surface area contributed by atoms with Gasteiger partial charge in [-0.1, -0.05) is 24.3 Å². The van der Waals surface area contributed by atoms with Crippen LogP contribution in [0.1, 0.15) is 6.42 Å². The van der Waals surface area contributed by atoms with Crippen LogP contribution >= 0.6 is 0 Å². The molecule has 2 aromatic carbocycles. The predicted octanol–water partition coefficient (Wildman–Crippen LogP) is 3.30. The van der Waals surface area contributed by atoms with Crippen molar-refractivity contribution in [3.63, 3.8) is 0 Å². The third-order valence-corrected chi connectivity index (χ3v) is 4.92. The molecule has 160 valence electrons. The molecule has 0 radical (unpaired) electrons. The zero-order valence-electron chi connectivity index (χ0n) is 15.8. The highest BCUT2D eigenvalue weighted by molar-refractivity contribution is 5.70. The fourth-order valence-electron chi connectivity index (χ4n) is 3.48. The van der Waals surface area contributed by atoms with Gasteiger partial charge in [-0.15, -0.1) is 13.2 Å². The summed E-state index contributed by atoms with van der Waals surface area (Å²) in [6.45, 7) is 0.718. The largest absolute Gasteiger partial charge is 0.573 e. The summed E-state index contributed by atoms with van der Waals surface area (Å²) >= 11 is 0. The summed E-state index contributed by atoms with van der Waals surface area (Å²) < 4.78 is 40.7. The second-order valence-corrected chi connectivity index (χ2v) is 6.95. The van der Waals surface area contributed by atoms with Crippen molar-refractivity contribution in [2.24, 2.45) is 5.73 Å². The standard InChI is InChI=1S/C20H20F3N3O4/c21-20(22,23)30-17-7-3-15(4-8-17)14-1-5-16(6-2-14)25-10-11-26(18(28)29)19(24,13-25)9-12-27/h1-8,12H,9-11,13,24H2,(H,28,29). The van der Waals surface area contributed by atoms with Crippen molar-refractivity contribution < 1.29 is 32.6 Å². The molecule has 1 saturated heterocycles. The van der Waals surface area contributed by atoms with Crippen molar-refractivity contribution in [1.29, 1.82) is 0 Å². The zero-order valence-corrected chi connectivity index (χ0v) is 15.8. The van der Waals surface area contributed by atoms with E-state index in [0.717, 1.165) is 16.2 Å². The van der Waals surface area contributed by atoms with Crippen molar-refractivity contribution in [1.82, 2.24) is 4.90 Å². The smallest absolute Gasteiger partial charge is 0.465 e. The van der Waals surface area contributed by atoms with Crippen LogP contribution in [-0.4, -0.2) is 54.0 Å². The van der Waals surface area contributed by atoms with Gasteiger partial charge in [-0.2, -0.15) is 0 Å². The number of carboxylic acid groups (broad SMARTS) is 1. The highest BCUT2D eigenvalue weighted by Crippen LogP contribution is 2.29. The summed E-state index contributed by atoms with van der Waals surface area (Å²) in [5.74, 6) is -0.298. The van der Waals surface area contributed by atoms with E-state index in [0.29, 0.717) is 18.4 Å². The normalized spacial score (nSPS) is 19.5. The molecule has 1 atom stereocenters. The molecular formula is C20H20F3N3O4. The molecule has 3 rings (SSSR count). The quantitative estimate of drug-likeness (QED) is 0.717. The first-order chi connectivity index (χ1) is 14.1. The molecule has 7 nitrogen and oxygen atoms in total. The fraction of sp³-hybridized carbons (Fsp3) is 0.300. The Morgan fingerprint density at radius 1 is 1.10 bits per heavy atom. The lowest BCUT2D eigenvalue weighted by atomic mass is 10.0. The summed E-state index contributed by atoms with van der Waals surface area (Å²) in [4.78, 5) is 25.4. The number of ether oxygens (including phenoxy) is 1. The van der Waals surface area contributed by atoms with Gasteiger partial charge in [-0.3, -0.25) is 4.90 Å². The number of alkyl halides is 3. The highest BCUT2D eigenvalue weighted by Gasteiger charge is 2.41. The molecule has 10 heteroatoms. The second kappa shape index (κ2) is 8.23. The summed E-state index contributed by atoms with van der Waals surface area (Å²) in [6, 6.07) is 12.8. The maximum absolute atomic E-state index is 12.3. The van der Waals surface area contributed by atoms with E-state index in [1.807, 2.05) is 17.0 Å². The Balaban J connectivity index is 1.74. The molecule has 1 aliphatic rings. The molecule has 0 aliphatic carbocycles. The van der Waals surface area contributed by atoms with Gasteiger partial charge in [-0.05, 0) is 35.4 Å². The summed E-state index contributed by atoms with van der Waals surface area (Å²) in [5.41, 5.74) is 7.17. The van der Waals surface area contributed by atoms with E-state index in [-0.39, 0.29) is 25.3 Å². The third-order valence-electron chi connectivity index (χ3n) is 4.92. The van der Waals surface area contributed by atoms with Crippen LogP contribution in [0.4, 0.5) is 23.7 Å². The number of benzene rings is 2. The van der Waals surface area contributed by atoms with E-state index in [1.165, 1.54) is 24.3 Å². The third kappa shape index (κ3) is 4.82. The number of anilines is 1.